The smallest absolute Gasteiger partial charge is 0.338 e. The number of fused-ring (bicyclic) bond motifs is 4. The molecule has 8 atom stereocenters. The van der Waals surface area contributed by atoms with E-state index in [1.165, 1.54) is 32.1 Å². The first-order valence-corrected chi connectivity index (χ1v) is 12.9. The van der Waals surface area contributed by atoms with E-state index in [1.807, 2.05) is 0 Å². The number of rotatable bonds is 4. The highest BCUT2D eigenvalue weighted by Gasteiger charge is 2.76. The summed E-state index contributed by atoms with van der Waals surface area (Å²) in [6.45, 7) is 4.89. The number of nitrogens with zero attached hydrogens (tertiary/aromatic N) is 2. The van der Waals surface area contributed by atoms with Gasteiger partial charge in [-0.3, -0.25) is 20.2 Å². The first kappa shape index (κ1) is 22.9. The summed E-state index contributed by atoms with van der Waals surface area (Å²) in [7, 11) is 0. The number of carbonyl (C=O) groups excluding carboxylic acids is 1. The summed E-state index contributed by atoms with van der Waals surface area (Å²) in [6, 6.07) is 2.94. The van der Waals surface area contributed by atoms with Crippen LogP contribution in [0.15, 0.2) is 18.2 Å². The third kappa shape index (κ3) is 3.26. The Balaban J connectivity index is 1.20. The number of non-ortho nitro benzene ring substituents is 2. The van der Waals surface area contributed by atoms with E-state index in [4.69, 9.17) is 9.47 Å². The van der Waals surface area contributed by atoms with Gasteiger partial charge in [0.25, 0.3) is 11.4 Å². The van der Waals surface area contributed by atoms with Crippen molar-refractivity contribution in [1.29, 1.82) is 0 Å². The number of carbonyl (C=O) groups is 1. The lowest BCUT2D eigenvalue weighted by atomic mass is 9.45. The third-order valence-corrected chi connectivity index (χ3v) is 10.7. The zero-order valence-corrected chi connectivity index (χ0v) is 20.2. The summed E-state index contributed by atoms with van der Waals surface area (Å²) in [6.07, 6.45) is 9.75. The molecule has 0 aromatic heterocycles. The summed E-state index contributed by atoms with van der Waals surface area (Å²) in [5.74, 6) is 1.38. The summed E-state index contributed by atoms with van der Waals surface area (Å²) < 4.78 is 12.3. The molecule has 188 valence electrons. The van der Waals surface area contributed by atoms with Gasteiger partial charge in [0.05, 0.1) is 27.6 Å². The summed E-state index contributed by atoms with van der Waals surface area (Å²) in [4.78, 5) is 33.8. The maximum absolute atomic E-state index is 12.9. The van der Waals surface area contributed by atoms with Crippen LogP contribution >= 0.6 is 0 Å². The van der Waals surface area contributed by atoms with Crippen molar-refractivity contribution in [3.8, 4) is 0 Å². The second-order valence-corrected chi connectivity index (χ2v) is 12.1. The fraction of sp³-hybridized carbons (Fsp3) is 0.731. The zero-order valence-electron chi connectivity index (χ0n) is 20.2. The van der Waals surface area contributed by atoms with E-state index in [1.54, 1.807) is 0 Å². The van der Waals surface area contributed by atoms with Gasteiger partial charge >= 0.3 is 5.97 Å². The molecule has 5 aliphatic rings. The molecule has 0 radical (unpaired) electrons. The minimum atomic E-state index is -0.757. The molecule has 1 aromatic carbocycles. The minimum absolute atomic E-state index is 0.0672. The van der Waals surface area contributed by atoms with Crippen LogP contribution < -0.4 is 0 Å². The molecular weight excluding hydrogens is 452 g/mol. The van der Waals surface area contributed by atoms with Gasteiger partial charge < -0.3 is 9.47 Å². The molecule has 9 heteroatoms. The Morgan fingerprint density at radius 3 is 2.40 bits per heavy atom. The highest BCUT2D eigenvalue weighted by Crippen LogP contribution is 2.73. The fourth-order valence-corrected chi connectivity index (χ4v) is 8.88. The Hall–Kier alpha value is -2.55. The Labute approximate surface area is 203 Å². The molecule has 35 heavy (non-hydrogen) atoms. The zero-order chi connectivity index (χ0) is 24.8. The first-order valence-electron chi connectivity index (χ1n) is 12.9. The number of epoxide rings is 1. The number of ether oxygens (including phenoxy) is 2. The molecular formula is C26H32N2O7. The van der Waals surface area contributed by atoms with Gasteiger partial charge in [0, 0.05) is 24.0 Å². The van der Waals surface area contributed by atoms with Gasteiger partial charge in [-0.25, -0.2) is 4.79 Å². The Kier molecular flexibility index (Phi) is 4.89. The lowest BCUT2D eigenvalue weighted by Gasteiger charge is -2.58. The summed E-state index contributed by atoms with van der Waals surface area (Å²) in [5, 5.41) is 22.4. The van der Waals surface area contributed by atoms with Crippen LogP contribution in [0.1, 0.15) is 82.0 Å². The molecule has 0 N–H and O–H groups in total. The van der Waals surface area contributed by atoms with E-state index in [-0.39, 0.29) is 28.8 Å². The molecule has 4 aliphatic carbocycles. The van der Waals surface area contributed by atoms with Crippen LogP contribution in [0.25, 0.3) is 0 Å². The summed E-state index contributed by atoms with van der Waals surface area (Å²) >= 11 is 0. The van der Waals surface area contributed by atoms with Crippen LogP contribution in [0.2, 0.25) is 0 Å². The SMILES string of the molecule is C[C@@]12CCC[C@H]1[C@@H]1C[C@@H]3O[C@@]34C[C@@H](OC(=O)c3cc([N+](=O)[O-])cc([N+](=O)[O-])c3)CC[C@]4(C)[C@H]1CC2. The predicted molar refractivity (Wildman–Crippen MR) is 125 cm³/mol. The molecule has 9 nitrogen and oxygen atoms in total. The van der Waals surface area contributed by atoms with Crippen molar-refractivity contribution in [3.63, 3.8) is 0 Å². The third-order valence-electron chi connectivity index (χ3n) is 10.7. The molecule has 0 bridgehead atoms. The van der Waals surface area contributed by atoms with Crippen LogP contribution in [0.4, 0.5) is 11.4 Å². The van der Waals surface area contributed by atoms with Gasteiger partial charge in [0.15, 0.2) is 0 Å². The van der Waals surface area contributed by atoms with Crippen molar-refractivity contribution in [1.82, 2.24) is 0 Å². The van der Waals surface area contributed by atoms with Crippen molar-refractivity contribution in [2.75, 3.05) is 0 Å². The Bertz CT molecular complexity index is 1090. The number of nitro benzene ring substituents is 2. The second kappa shape index (κ2) is 7.48. The molecule has 1 aromatic rings. The Morgan fingerprint density at radius 1 is 1.00 bits per heavy atom. The highest BCUT2D eigenvalue weighted by molar-refractivity contribution is 5.91. The van der Waals surface area contributed by atoms with Crippen molar-refractivity contribution >= 4 is 17.3 Å². The van der Waals surface area contributed by atoms with Crippen molar-refractivity contribution in [3.05, 3.63) is 44.0 Å². The number of benzene rings is 1. The van der Waals surface area contributed by atoms with E-state index >= 15 is 0 Å². The van der Waals surface area contributed by atoms with Crippen LogP contribution in [-0.4, -0.2) is 33.6 Å². The average Bonchev–Trinajstić information content (AvgIpc) is 3.36. The van der Waals surface area contributed by atoms with Gasteiger partial charge in [-0.05, 0) is 68.1 Å². The molecule has 0 amide bonds. The van der Waals surface area contributed by atoms with Crippen LogP contribution in [0.3, 0.4) is 0 Å². The molecule has 0 unspecified atom stereocenters. The van der Waals surface area contributed by atoms with E-state index < -0.39 is 27.2 Å². The second-order valence-electron chi connectivity index (χ2n) is 12.1. The molecule has 5 fully saturated rings. The van der Waals surface area contributed by atoms with Gasteiger partial charge in [0.2, 0.25) is 0 Å². The van der Waals surface area contributed by atoms with Crippen molar-refractivity contribution < 1.29 is 24.1 Å². The topological polar surface area (TPSA) is 125 Å². The normalized spacial score (nSPS) is 43.2. The van der Waals surface area contributed by atoms with Gasteiger partial charge in [-0.1, -0.05) is 20.3 Å². The molecule has 1 aliphatic heterocycles. The first-order chi connectivity index (χ1) is 16.6. The number of esters is 1. The number of nitro groups is 2. The van der Waals surface area contributed by atoms with Crippen molar-refractivity contribution in [2.45, 2.75) is 89.4 Å². The lowest BCUT2D eigenvalue weighted by molar-refractivity contribution is -0.394. The maximum atomic E-state index is 12.9. The number of hydrogen-bond donors (Lipinski definition) is 0. The summed E-state index contributed by atoms with van der Waals surface area (Å²) in [5.41, 5.74) is -0.875. The van der Waals surface area contributed by atoms with Crippen LogP contribution in [-0.2, 0) is 9.47 Å². The minimum Gasteiger partial charge on any atom is -0.459 e. The lowest BCUT2D eigenvalue weighted by Crippen LogP contribution is -2.58. The monoisotopic (exact) mass is 484 g/mol. The van der Waals surface area contributed by atoms with E-state index in [9.17, 15) is 25.0 Å². The van der Waals surface area contributed by atoms with E-state index in [0.717, 1.165) is 37.0 Å². The number of hydrogen-bond acceptors (Lipinski definition) is 7. The van der Waals surface area contributed by atoms with Gasteiger partial charge in [0.1, 0.15) is 11.7 Å². The van der Waals surface area contributed by atoms with Crippen LogP contribution in [0, 0.1) is 48.8 Å². The maximum Gasteiger partial charge on any atom is 0.338 e. The van der Waals surface area contributed by atoms with Gasteiger partial charge in [-0.15, -0.1) is 0 Å². The van der Waals surface area contributed by atoms with Crippen LogP contribution in [0.5, 0.6) is 0 Å². The molecule has 6 rings (SSSR count). The van der Waals surface area contributed by atoms with Crippen molar-refractivity contribution in [2.24, 2.45) is 28.6 Å². The molecule has 1 spiro atoms. The highest BCUT2D eigenvalue weighted by atomic mass is 16.6. The molecule has 1 heterocycles. The average molecular weight is 485 g/mol. The van der Waals surface area contributed by atoms with E-state index in [2.05, 4.69) is 13.8 Å². The quantitative estimate of drug-likeness (QED) is 0.236. The standard InChI is InChI=1S/C26H32N2O7/c1-24-7-3-4-20(24)19-13-22-26(35-22)14-18(5-9-25(26,2)21(19)6-8-24)34-23(29)15-10-16(27(30)31)12-17(11-15)28(32)33/h10-12,18-22H,3-9,13-14H2,1-2H3/t18-,19-,20-,21-,22-,24-,25+,26-/m0/s1. The Morgan fingerprint density at radius 2 is 1.71 bits per heavy atom. The van der Waals surface area contributed by atoms with Gasteiger partial charge in [-0.2, -0.15) is 0 Å². The molecule has 4 saturated carbocycles. The van der Waals surface area contributed by atoms with E-state index in [0.29, 0.717) is 30.1 Å². The fourth-order valence-electron chi connectivity index (χ4n) is 8.88. The predicted octanol–water partition coefficient (Wildman–Crippen LogP) is 5.59. The molecule has 1 saturated heterocycles. The largest absolute Gasteiger partial charge is 0.459 e.